The Morgan fingerprint density at radius 3 is 1.73 bits per heavy atom. The number of hydrogen-bond donors (Lipinski definition) is 1. The van der Waals surface area contributed by atoms with Crippen molar-refractivity contribution in [1.82, 2.24) is 0 Å². The Kier molecular flexibility index (Phi) is 6.51. The highest BCUT2D eigenvalue weighted by molar-refractivity contribution is 6.88. The third-order valence-corrected chi connectivity index (χ3v) is 13.3. The number of anilines is 2. The summed E-state index contributed by atoms with van der Waals surface area (Å²) in [6.07, 6.45) is 0. The molecule has 7 aromatic carbocycles. The van der Waals surface area contributed by atoms with E-state index in [1.165, 1.54) is 71.6 Å². The van der Waals surface area contributed by atoms with Crippen LogP contribution in [0.25, 0.3) is 33.0 Å². The van der Waals surface area contributed by atoms with Gasteiger partial charge in [0.25, 0.3) is 0 Å². The van der Waals surface area contributed by atoms with Gasteiger partial charge in [0.1, 0.15) is 0 Å². The Morgan fingerprint density at radius 2 is 1.06 bits per heavy atom. The van der Waals surface area contributed by atoms with E-state index in [0.29, 0.717) is 0 Å². The molecule has 0 heterocycles. The molecule has 7 aromatic rings. The highest BCUT2D eigenvalue weighted by Crippen LogP contribution is 2.61. The minimum Gasteiger partial charge on any atom is -0.356 e. The van der Waals surface area contributed by atoms with Crippen LogP contribution in [0.5, 0.6) is 0 Å². The van der Waals surface area contributed by atoms with Crippen molar-refractivity contribution in [3.8, 4) is 22.3 Å². The van der Waals surface area contributed by atoms with Gasteiger partial charge in [-0.2, -0.15) is 0 Å². The molecule has 2 aliphatic rings. The van der Waals surface area contributed by atoms with E-state index in [1.54, 1.807) is 0 Å². The van der Waals surface area contributed by atoms with E-state index >= 15 is 0 Å². The highest BCUT2D eigenvalue weighted by atomic mass is 28.3. The standard InChI is InChI=1S/C47H41NSi/c1-46(2)41-27-20-31-14-12-13-19-37(31)45(41)40-30-44-39(29-42(40)46)38-26-23-35(48-34-21-24-36(25-22-34)49(3,4)5)28-43(38)47(44,32-15-8-6-9-16-32)33-17-10-7-11-18-33/h6-30,48H,1-5H3. The molecule has 1 N–H and O–H groups in total. The van der Waals surface area contributed by atoms with Gasteiger partial charge in [-0.3, -0.25) is 0 Å². The van der Waals surface area contributed by atoms with Crippen LogP contribution in [0.2, 0.25) is 19.6 Å². The number of rotatable bonds is 5. The molecular weight excluding hydrogens is 607 g/mol. The second-order valence-corrected chi connectivity index (χ2v) is 20.5. The first-order valence-corrected chi connectivity index (χ1v) is 21.0. The quantitative estimate of drug-likeness (QED) is 0.183. The van der Waals surface area contributed by atoms with E-state index in [-0.39, 0.29) is 5.41 Å². The smallest absolute Gasteiger partial charge is 0.0775 e. The molecule has 0 amide bonds. The van der Waals surface area contributed by atoms with Gasteiger partial charge in [0.2, 0.25) is 0 Å². The lowest BCUT2D eigenvalue weighted by atomic mass is 9.67. The van der Waals surface area contributed by atoms with Crippen LogP contribution >= 0.6 is 0 Å². The van der Waals surface area contributed by atoms with Gasteiger partial charge in [-0.25, -0.2) is 0 Å². The first-order valence-electron chi connectivity index (χ1n) is 17.5. The summed E-state index contributed by atoms with van der Waals surface area (Å²) in [5, 5.41) is 7.88. The summed E-state index contributed by atoms with van der Waals surface area (Å²) in [7, 11) is -1.38. The molecule has 0 saturated carbocycles. The van der Waals surface area contributed by atoms with Crippen LogP contribution in [0, 0.1) is 0 Å². The molecule has 0 spiro atoms. The number of fused-ring (bicyclic) bond motifs is 8. The molecular formula is C47H41NSi. The van der Waals surface area contributed by atoms with Gasteiger partial charge in [0.05, 0.1) is 13.5 Å². The molecule has 0 saturated heterocycles. The topological polar surface area (TPSA) is 12.0 Å². The molecule has 238 valence electrons. The maximum Gasteiger partial charge on any atom is 0.0775 e. The van der Waals surface area contributed by atoms with E-state index < -0.39 is 13.5 Å². The highest BCUT2D eigenvalue weighted by Gasteiger charge is 2.48. The van der Waals surface area contributed by atoms with Crippen LogP contribution in [-0.2, 0) is 10.8 Å². The molecule has 9 rings (SSSR count). The SMILES string of the molecule is CC1(C)c2cc3c(cc2-c2c1ccc1ccccc21)C(c1ccccc1)(c1ccccc1)c1cc(Nc2ccc([Si](C)(C)C)cc2)ccc1-3. The van der Waals surface area contributed by atoms with Crippen molar-refractivity contribution in [2.75, 3.05) is 5.32 Å². The molecule has 0 bridgehead atoms. The van der Waals surface area contributed by atoms with E-state index in [1.807, 2.05) is 0 Å². The van der Waals surface area contributed by atoms with Gasteiger partial charge in [0.15, 0.2) is 0 Å². The summed E-state index contributed by atoms with van der Waals surface area (Å²) in [6.45, 7) is 12.0. The molecule has 49 heavy (non-hydrogen) atoms. The Morgan fingerprint density at radius 1 is 0.469 bits per heavy atom. The molecule has 0 aromatic heterocycles. The molecule has 0 aliphatic heterocycles. The van der Waals surface area contributed by atoms with E-state index in [4.69, 9.17) is 0 Å². The van der Waals surface area contributed by atoms with Crippen LogP contribution in [0.3, 0.4) is 0 Å². The van der Waals surface area contributed by atoms with E-state index in [9.17, 15) is 0 Å². The molecule has 0 unspecified atom stereocenters. The zero-order valence-electron chi connectivity index (χ0n) is 28.9. The summed E-state index contributed by atoms with van der Waals surface area (Å²) in [5.74, 6) is 0. The van der Waals surface area contributed by atoms with Gasteiger partial charge in [-0.05, 0) is 103 Å². The Hall–Kier alpha value is -5.18. The summed E-state index contributed by atoms with van der Waals surface area (Å²) in [6, 6.07) is 57.1. The Labute approximate surface area is 291 Å². The van der Waals surface area contributed by atoms with Crippen LogP contribution in [0.1, 0.15) is 47.2 Å². The van der Waals surface area contributed by atoms with Gasteiger partial charge in [-0.15, -0.1) is 0 Å². The fourth-order valence-electron chi connectivity index (χ4n) is 8.78. The number of hydrogen-bond acceptors (Lipinski definition) is 1. The Bertz CT molecular complexity index is 2360. The van der Waals surface area contributed by atoms with Crippen LogP contribution in [0.15, 0.2) is 152 Å². The first-order chi connectivity index (χ1) is 23.7. The molecule has 2 heteroatoms. The van der Waals surface area contributed by atoms with Crippen molar-refractivity contribution in [2.45, 2.75) is 44.3 Å². The lowest BCUT2D eigenvalue weighted by Crippen LogP contribution is -2.37. The normalized spacial score (nSPS) is 15.0. The fourth-order valence-corrected chi connectivity index (χ4v) is 9.95. The summed E-state index contributed by atoms with van der Waals surface area (Å²) < 4.78 is 0. The largest absolute Gasteiger partial charge is 0.356 e. The fraction of sp³-hybridized carbons (Fsp3) is 0.149. The van der Waals surface area contributed by atoms with Crippen molar-refractivity contribution in [2.24, 2.45) is 0 Å². The Balaban J connectivity index is 1.32. The molecule has 0 radical (unpaired) electrons. The number of nitrogens with one attached hydrogen (secondary N) is 1. The maximum absolute atomic E-state index is 3.79. The van der Waals surface area contributed by atoms with Crippen LogP contribution < -0.4 is 10.5 Å². The average Bonchev–Trinajstić information content (AvgIpc) is 3.53. The number of benzene rings is 7. The van der Waals surface area contributed by atoms with E-state index in [2.05, 4.69) is 190 Å². The second-order valence-electron chi connectivity index (χ2n) is 15.5. The zero-order valence-corrected chi connectivity index (χ0v) is 29.9. The van der Waals surface area contributed by atoms with Crippen LogP contribution in [0.4, 0.5) is 11.4 Å². The summed E-state index contributed by atoms with van der Waals surface area (Å²) >= 11 is 0. The lowest BCUT2D eigenvalue weighted by Gasteiger charge is -2.34. The van der Waals surface area contributed by atoms with Crippen molar-refractivity contribution in [3.63, 3.8) is 0 Å². The van der Waals surface area contributed by atoms with Gasteiger partial charge in [-0.1, -0.05) is 154 Å². The third-order valence-electron chi connectivity index (χ3n) is 11.3. The second kappa shape index (κ2) is 10.7. The van der Waals surface area contributed by atoms with Gasteiger partial charge in [0, 0.05) is 16.8 Å². The summed E-state index contributed by atoms with van der Waals surface area (Å²) in [4.78, 5) is 0. The molecule has 2 aliphatic carbocycles. The minimum absolute atomic E-state index is 0.113. The minimum atomic E-state index is -1.38. The predicted molar refractivity (Wildman–Crippen MR) is 212 cm³/mol. The molecule has 1 nitrogen and oxygen atoms in total. The van der Waals surface area contributed by atoms with Gasteiger partial charge >= 0.3 is 0 Å². The van der Waals surface area contributed by atoms with Crippen molar-refractivity contribution in [3.05, 3.63) is 185 Å². The monoisotopic (exact) mass is 647 g/mol. The predicted octanol–water partition coefficient (Wildman–Crippen LogP) is 11.8. The van der Waals surface area contributed by atoms with Crippen molar-refractivity contribution < 1.29 is 0 Å². The van der Waals surface area contributed by atoms with Crippen LogP contribution in [-0.4, -0.2) is 8.07 Å². The molecule has 0 fully saturated rings. The lowest BCUT2D eigenvalue weighted by molar-refractivity contribution is 0.660. The molecule has 0 atom stereocenters. The van der Waals surface area contributed by atoms with Gasteiger partial charge < -0.3 is 5.32 Å². The third kappa shape index (κ3) is 4.37. The van der Waals surface area contributed by atoms with E-state index in [0.717, 1.165) is 11.4 Å². The zero-order chi connectivity index (χ0) is 33.5. The first kappa shape index (κ1) is 29.9. The van der Waals surface area contributed by atoms with Crippen molar-refractivity contribution >= 4 is 35.4 Å². The van der Waals surface area contributed by atoms with Crippen molar-refractivity contribution in [1.29, 1.82) is 0 Å². The maximum atomic E-state index is 3.79. The summed E-state index contributed by atoms with van der Waals surface area (Å²) in [5.41, 5.74) is 15.1. The average molecular weight is 648 g/mol.